The second-order valence-corrected chi connectivity index (χ2v) is 5.08. The molecule has 2 nitrogen and oxygen atoms in total. The summed E-state index contributed by atoms with van der Waals surface area (Å²) in [6, 6.07) is 16.9. The fourth-order valence-corrected chi connectivity index (χ4v) is 2.64. The Hall–Kier alpha value is -1.61. The van der Waals surface area contributed by atoms with Crippen LogP contribution < -0.4 is 0 Å². The van der Waals surface area contributed by atoms with Gasteiger partial charge in [-0.25, -0.2) is 8.42 Å². The minimum absolute atomic E-state index is 0.330. The predicted octanol–water partition coefficient (Wildman–Crippen LogP) is 2.52. The number of sulfone groups is 1. The summed E-state index contributed by atoms with van der Waals surface area (Å²) in [5, 5.41) is 0. The van der Waals surface area contributed by atoms with Gasteiger partial charge in [0.25, 0.3) is 0 Å². The minimum atomic E-state index is -3.34. The Morgan fingerprint density at radius 3 is 1.40 bits per heavy atom. The van der Waals surface area contributed by atoms with Crippen molar-refractivity contribution in [3.05, 3.63) is 60.7 Å². The summed E-state index contributed by atoms with van der Waals surface area (Å²) in [6.07, 6.45) is 0. The van der Waals surface area contributed by atoms with Gasteiger partial charge in [0.05, 0.1) is 9.79 Å². The molecular formula is C12H10O2S. The molecule has 2 rings (SSSR count). The lowest BCUT2D eigenvalue weighted by Gasteiger charge is -2.03. The summed E-state index contributed by atoms with van der Waals surface area (Å²) in [5.41, 5.74) is 0. The fraction of sp³-hybridized carbons (Fsp3) is 0. The van der Waals surface area contributed by atoms with Crippen LogP contribution in [0.1, 0.15) is 0 Å². The Morgan fingerprint density at radius 1 is 0.733 bits per heavy atom. The van der Waals surface area contributed by atoms with Gasteiger partial charge in [-0.15, -0.1) is 0 Å². The average Bonchev–Trinajstić information content (AvgIpc) is 2.31. The first-order valence-corrected chi connectivity index (χ1v) is 6.05. The van der Waals surface area contributed by atoms with E-state index in [0.717, 1.165) is 0 Å². The molecule has 0 N–H and O–H groups in total. The van der Waals surface area contributed by atoms with Crippen LogP contribution in [0.15, 0.2) is 70.5 Å². The van der Waals surface area contributed by atoms with Crippen LogP contribution in [0.2, 0.25) is 0 Å². The summed E-state index contributed by atoms with van der Waals surface area (Å²) in [5.74, 6) is 0. The van der Waals surface area contributed by atoms with Gasteiger partial charge < -0.3 is 0 Å². The van der Waals surface area contributed by atoms with Crippen LogP contribution in [-0.2, 0) is 9.84 Å². The number of hydrogen-bond donors (Lipinski definition) is 0. The first-order chi connectivity index (χ1) is 7.21. The molecular weight excluding hydrogens is 210 g/mol. The molecule has 3 heteroatoms. The highest BCUT2D eigenvalue weighted by molar-refractivity contribution is 7.91. The lowest BCUT2D eigenvalue weighted by Crippen LogP contribution is -2.00. The molecule has 0 radical (unpaired) electrons. The van der Waals surface area contributed by atoms with Crippen molar-refractivity contribution in [1.82, 2.24) is 0 Å². The Morgan fingerprint density at radius 2 is 1.07 bits per heavy atom. The van der Waals surface area contributed by atoms with Crippen LogP contribution >= 0.6 is 0 Å². The van der Waals surface area contributed by atoms with Crippen molar-refractivity contribution >= 4 is 9.84 Å². The Labute approximate surface area is 89.1 Å². The molecule has 0 saturated heterocycles. The number of rotatable bonds is 2. The lowest BCUT2D eigenvalue weighted by atomic mass is 10.4. The van der Waals surface area contributed by atoms with Gasteiger partial charge in [-0.2, -0.15) is 0 Å². The van der Waals surface area contributed by atoms with Crippen molar-refractivity contribution < 1.29 is 8.42 Å². The second kappa shape index (κ2) is 3.87. The van der Waals surface area contributed by atoms with E-state index in [4.69, 9.17) is 0 Å². The summed E-state index contributed by atoms with van der Waals surface area (Å²) in [7, 11) is -3.34. The van der Waals surface area contributed by atoms with Crippen molar-refractivity contribution in [2.45, 2.75) is 9.79 Å². The number of benzene rings is 2. The molecule has 0 bridgehead atoms. The Kier molecular flexibility index (Phi) is 2.56. The molecule has 0 amide bonds. The highest BCUT2D eigenvalue weighted by Gasteiger charge is 2.15. The van der Waals surface area contributed by atoms with Crippen LogP contribution in [0.5, 0.6) is 0 Å². The van der Waals surface area contributed by atoms with Gasteiger partial charge in [-0.05, 0) is 24.3 Å². The van der Waals surface area contributed by atoms with Gasteiger partial charge >= 0.3 is 0 Å². The van der Waals surface area contributed by atoms with Gasteiger partial charge in [-0.1, -0.05) is 36.4 Å². The Bertz CT molecular complexity index is 485. The van der Waals surface area contributed by atoms with E-state index in [-0.39, 0.29) is 0 Å². The van der Waals surface area contributed by atoms with E-state index in [0.29, 0.717) is 9.79 Å². The standard InChI is InChI=1S/C12H10O2S/c13-15(14,11-7-3-1-4-8-11)12-9-5-2-6-10-12/h1-10H/i13+2. The van der Waals surface area contributed by atoms with Crippen LogP contribution in [0, 0.1) is 0 Å². The van der Waals surface area contributed by atoms with E-state index in [1.807, 2.05) is 0 Å². The maximum Gasteiger partial charge on any atom is 0.206 e. The third-order valence-corrected chi connectivity index (χ3v) is 3.89. The molecule has 0 aliphatic carbocycles. The van der Waals surface area contributed by atoms with Crippen molar-refractivity contribution in [2.75, 3.05) is 0 Å². The molecule has 2 aromatic carbocycles. The summed E-state index contributed by atoms with van der Waals surface area (Å²) >= 11 is 0. The van der Waals surface area contributed by atoms with Gasteiger partial charge in [0, 0.05) is 0 Å². The third-order valence-electron chi connectivity index (χ3n) is 2.11. The zero-order valence-electron chi connectivity index (χ0n) is 8.00. The van der Waals surface area contributed by atoms with Gasteiger partial charge in [0.1, 0.15) is 0 Å². The summed E-state index contributed by atoms with van der Waals surface area (Å²) < 4.78 is 24.1. The van der Waals surface area contributed by atoms with E-state index in [9.17, 15) is 8.42 Å². The van der Waals surface area contributed by atoms with Crippen LogP contribution in [-0.4, -0.2) is 8.42 Å². The molecule has 0 atom stereocenters. The third kappa shape index (κ3) is 1.92. The van der Waals surface area contributed by atoms with Crippen molar-refractivity contribution in [1.29, 1.82) is 0 Å². The molecule has 15 heavy (non-hydrogen) atoms. The summed E-state index contributed by atoms with van der Waals surface area (Å²) in [6.45, 7) is 0. The van der Waals surface area contributed by atoms with Crippen LogP contribution in [0.4, 0.5) is 0 Å². The molecule has 0 aliphatic rings. The maximum atomic E-state index is 12.0. The van der Waals surface area contributed by atoms with Crippen LogP contribution in [0.25, 0.3) is 0 Å². The normalized spacial score (nSPS) is 11.2. The molecule has 76 valence electrons. The molecule has 0 unspecified atom stereocenters. The van der Waals surface area contributed by atoms with Crippen LogP contribution in [0.3, 0.4) is 0 Å². The monoisotopic (exact) mass is 220 g/mol. The van der Waals surface area contributed by atoms with Crippen molar-refractivity contribution in [2.24, 2.45) is 0 Å². The molecule has 0 heterocycles. The topological polar surface area (TPSA) is 34.1 Å². The zero-order chi connectivity index (χ0) is 10.7. The average molecular weight is 220 g/mol. The molecule has 0 spiro atoms. The van der Waals surface area contributed by atoms with E-state index < -0.39 is 9.84 Å². The van der Waals surface area contributed by atoms with Gasteiger partial charge in [-0.3, -0.25) is 0 Å². The molecule has 0 fully saturated rings. The Balaban J connectivity index is 2.55. The number of hydrogen-bond acceptors (Lipinski definition) is 2. The second-order valence-electron chi connectivity index (χ2n) is 3.13. The van der Waals surface area contributed by atoms with Crippen molar-refractivity contribution in [3.8, 4) is 0 Å². The SMILES string of the molecule is O=S(=[18O])(c1ccccc1)c1ccccc1. The van der Waals surface area contributed by atoms with Gasteiger partial charge in [0.15, 0.2) is 0 Å². The first kappa shape index (κ1) is 9.93. The molecule has 0 aliphatic heterocycles. The molecule has 0 saturated carbocycles. The smallest absolute Gasteiger partial charge is 0.206 e. The largest absolute Gasteiger partial charge is 0.219 e. The highest BCUT2D eigenvalue weighted by atomic mass is 32.2. The lowest BCUT2D eigenvalue weighted by molar-refractivity contribution is 0.596. The van der Waals surface area contributed by atoms with E-state index >= 15 is 0 Å². The van der Waals surface area contributed by atoms with E-state index in [1.54, 1.807) is 60.7 Å². The highest BCUT2D eigenvalue weighted by Crippen LogP contribution is 2.19. The minimum Gasteiger partial charge on any atom is -0.219 e. The van der Waals surface area contributed by atoms with E-state index in [1.165, 1.54) is 0 Å². The van der Waals surface area contributed by atoms with Crippen molar-refractivity contribution in [3.63, 3.8) is 0 Å². The molecule has 2 aromatic rings. The quantitative estimate of drug-likeness (QED) is 0.729. The molecule has 0 aromatic heterocycles. The van der Waals surface area contributed by atoms with E-state index in [2.05, 4.69) is 0 Å². The first-order valence-electron chi connectivity index (χ1n) is 4.56. The maximum absolute atomic E-state index is 12.0. The predicted molar refractivity (Wildman–Crippen MR) is 58.3 cm³/mol. The van der Waals surface area contributed by atoms with Gasteiger partial charge in [0.2, 0.25) is 9.84 Å². The fourth-order valence-electron chi connectivity index (χ4n) is 1.34. The zero-order valence-corrected chi connectivity index (χ0v) is 8.81. The summed E-state index contributed by atoms with van der Waals surface area (Å²) in [4.78, 5) is 0.660.